The minimum atomic E-state index is -0.261. The Morgan fingerprint density at radius 1 is 0.857 bits per heavy atom. The Balaban J connectivity index is 2.48. The third-order valence-electron chi connectivity index (χ3n) is 2.99. The Hall–Kier alpha value is -1.84. The van der Waals surface area contributed by atoms with Crippen LogP contribution >= 0.6 is 0 Å². The van der Waals surface area contributed by atoms with Gasteiger partial charge < -0.3 is 9.47 Å². The van der Waals surface area contributed by atoms with Gasteiger partial charge in [0.15, 0.2) is 0 Å². The Bertz CT molecular complexity index is 454. The second-order valence-electron chi connectivity index (χ2n) is 4.98. The summed E-state index contributed by atoms with van der Waals surface area (Å²) >= 11 is 0. The standard InChI is InChI=1S/C17H24O4/c1-3-5-7-12-17(19)21-15-10-8-9-14(13-15)20-16(18)11-6-4-2/h8-10,13H,3-7,11-12H2,1-2H3. The number of rotatable bonds is 9. The average molecular weight is 292 g/mol. The molecule has 0 N–H and O–H groups in total. The van der Waals surface area contributed by atoms with E-state index in [0.717, 1.165) is 32.1 Å². The zero-order chi connectivity index (χ0) is 15.5. The molecule has 4 nitrogen and oxygen atoms in total. The first-order chi connectivity index (χ1) is 10.2. The van der Waals surface area contributed by atoms with Crippen LogP contribution in [-0.4, -0.2) is 11.9 Å². The molecule has 0 bridgehead atoms. The molecule has 0 aromatic heterocycles. The van der Waals surface area contributed by atoms with E-state index in [4.69, 9.17) is 9.47 Å². The van der Waals surface area contributed by atoms with Crippen molar-refractivity contribution in [2.45, 2.75) is 58.8 Å². The zero-order valence-electron chi connectivity index (χ0n) is 12.9. The van der Waals surface area contributed by atoms with E-state index in [1.54, 1.807) is 24.3 Å². The molecule has 0 amide bonds. The lowest BCUT2D eigenvalue weighted by Crippen LogP contribution is -2.09. The maximum Gasteiger partial charge on any atom is 0.311 e. The molecule has 1 rings (SSSR count). The molecule has 0 fully saturated rings. The van der Waals surface area contributed by atoms with Gasteiger partial charge in [-0.1, -0.05) is 39.2 Å². The Morgan fingerprint density at radius 2 is 1.38 bits per heavy atom. The summed E-state index contributed by atoms with van der Waals surface area (Å²) in [6, 6.07) is 6.64. The molecule has 1 aromatic rings. The van der Waals surface area contributed by atoms with Crippen molar-refractivity contribution in [2.24, 2.45) is 0 Å². The lowest BCUT2D eigenvalue weighted by atomic mass is 10.2. The molecule has 1 aromatic carbocycles. The molecule has 0 unspecified atom stereocenters. The van der Waals surface area contributed by atoms with Crippen LogP contribution in [0.3, 0.4) is 0 Å². The summed E-state index contributed by atoms with van der Waals surface area (Å²) in [4.78, 5) is 23.2. The van der Waals surface area contributed by atoms with Crippen molar-refractivity contribution in [2.75, 3.05) is 0 Å². The van der Waals surface area contributed by atoms with Gasteiger partial charge in [0.2, 0.25) is 0 Å². The molecule has 0 radical (unpaired) electrons. The highest BCUT2D eigenvalue weighted by molar-refractivity contribution is 5.74. The van der Waals surface area contributed by atoms with Gasteiger partial charge in [-0.2, -0.15) is 0 Å². The fourth-order valence-electron chi connectivity index (χ4n) is 1.81. The first-order valence-electron chi connectivity index (χ1n) is 7.67. The number of hydrogen-bond donors (Lipinski definition) is 0. The molecular formula is C17H24O4. The Morgan fingerprint density at radius 3 is 1.90 bits per heavy atom. The van der Waals surface area contributed by atoms with Gasteiger partial charge in [0.1, 0.15) is 11.5 Å². The molecule has 0 aliphatic carbocycles. The number of hydrogen-bond acceptors (Lipinski definition) is 4. The van der Waals surface area contributed by atoms with Crippen molar-refractivity contribution in [1.82, 2.24) is 0 Å². The van der Waals surface area contributed by atoms with Gasteiger partial charge in [0, 0.05) is 18.9 Å². The van der Waals surface area contributed by atoms with E-state index in [-0.39, 0.29) is 11.9 Å². The van der Waals surface area contributed by atoms with Gasteiger partial charge >= 0.3 is 11.9 Å². The fourth-order valence-corrected chi connectivity index (χ4v) is 1.81. The topological polar surface area (TPSA) is 52.6 Å². The summed E-state index contributed by atoms with van der Waals surface area (Å²) in [5.74, 6) is 0.313. The molecule has 0 aliphatic heterocycles. The minimum absolute atomic E-state index is 0.252. The predicted octanol–water partition coefficient (Wildman–Crippen LogP) is 4.27. The van der Waals surface area contributed by atoms with Crippen LogP contribution < -0.4 is 9.47 Å². The van der Waals surface area contributed by atoms with E-state index in [0.29, 0.717) is 24.3 Å². The summed E-state index contributed by atoms with van der Waals surface area (Å²) in [6.07, 6.45) is 5.49. The number of benzene rings is 1. The van der Waals surface area contributed by atoms with Crippen molar-refractivity contribution in [3.63, 3.8) is 0 Å². The second kappa shape index (κ2) is 9.97. The minimum Gasteiger partial charge on any atom is -0.426 e. The van der Waals surface area contributed by atoms with Crippen LogP contribution in [0.25, 0.3) is 0 Å². The number of esters is 2. The SMILES string of the molecule is CCCCCC(=O)Oc1cccc(OC(=O)CCCC)c1. The molecule has 0 saturated carbocycles. The first kappa shape index (κ1) is 17.2. The quantitative estimate of drug-likeness (QED) is 0.387. The van der Waals surface area contributed by atoms with Crippen LogP contribution in [0.1, 0.15) is 58.8 Å². The van der Waals surface area contributed by atoms with E-state index in [1.807, 2.05) is 6.92 Å². The van der Waals surface area contributed by atoms with Crippen molar-refractivity contribution in [1.29, 1.82) is 0 Å². The predicted molar refractivity (Wildman–Crippen MR) is 81.4 cm³/mol. The smallest absolute Gasteiger partial charge is 0.311 e. The molecule has 0 atom stereocenters. The van der Waals surface area contributed by atoms with Crippen molar-refractivity contribution in [3.05, 3.63) is 24.3 Å². The number of unbranched alkanes of at least 4 members (excludes halogenated alkanes) is 3. The van der Waals surface area contributed by atoms with E-state index >= 15 is 0 Å². The third kappa shape index (κ3) is 7.49. The summed E-state index contributed by atoms with van der Waals surface area (Å²) in [7, 11) is 0. The summed E-state index contributed by atoms with van der Waals surface area (Å²) in [5, 5.41) is 0. The van der Waals surface area contributed by atoms with Gasteiger partial charge in [-0.3, -0.25) is 9.59 Å². The molecule has 0 aliphatic rings. The average Bonchev–Trinajstić information content (AvgIpc) is 2.45. The van der Waals surface area contributed by atoms with Crippen LogP contribution in [0.4, 0.5) is 0 Å². The van der Waals surface area contributed by atoms with Crippen molar-refractivity contribution in [3.8, 4) is 11.5 Å². The highest BCUT2D eigenvalue weighted by Crippen LogP contribution is 2.20. The van der Waals surface area contributed by atoms with Gasteiger partial charge in [0.25, 0.3) is 0 Å². The zero-order valence-corrected chi connectivity index (χ0v) is 12.9. The molecule has 116 valence electrons. The highest BCUT2D eigenvalue weighted by Gasteiger charge is 2.08. The van der Waals surface area contributed by atoms with Crippen LogP contribution in [0.5, 0.6) is 11.5 Å². The van der Waals surface area contributed by atoms with Gasteiger partial charge in [0.05, 0.1) is 0 Å². The van der Waals surface area contributed by atoms with E-state index < -0.39 is 0 Å². The van der Waals surface area contributed by atoms with E-state index in [9.17, 15) is 9.59 Å². The maximum absolute atomic E-state index is 11.6. The second-order valence-corrected chi connectivity index (χ2v) is 4.98. The fraction of sp³-hybridized carbons (Fsp3) is 0.529. The van der Waals surface area contributed by atoms with Crippen LogP contribution in [-0.2, 0) is 9.59 Å². The van der Waals surface area contributed by atoms with Gasteiger partial charge in [-0.25, -0.2) is 0 Å². The van der Waals surface area contributed by atoms with Crippen molar-refractivity contribution < 1.29 is 19.1 Å². The molecule has 0 saturated heterocycles. The van der Waals surface area contributed by atoms with Gasteiger partial charge in [-0.05, 0) is 25.0 Å². The molecular weight excluding hydrogens is 268 g/mol. The maximum atomic E-state index is 11.6. The Kier molecular flexibility index (Phi) is 8.17. The molecule has 0 spiro atoms. The summed E-state index contributed by atoms with van der Waals surface area (Å²) in [5.41, 5.74) is 0. The number of carbonyl (C=O) groups excluding carboxylic acids is 2. The molecule has 0 heterocycles. The van der Waals surface area contributed by atoms with Crippen LogP contribution in [0.2, 0.25) is 0 Å². The molecule has 21 heavy (non-hydrogen) atoms. The number of ether oxygens (including phenoxy) is 2. The summed E-state index contributed by atoms with van der Waals surface area (Å²) in [6.45, 7) is 4.10. The lowest BCUT2D eigenvalue weighted by Gasteiger charge is -2.07. The monoisotopic (exact) mass is 292 g/mol. The summed E-state index contributed by atoms with van der Waals surface area (Å²) < 4.78 is 10.4. The van der Waals surface area contributed by atoms with E-state index in [2.05, 4.69) is 6.92 Å². The van der Waals surface area contributed by atoms with Crippen LogP contribution in [0.15, 0.2) is 24.3 Å². The van der Waals surface area contributed by atoms with Crippen LogP contribution in [0, 0.1) is 0 Å². The first-order valence-corrected chi connectivity index (χ1v) is 7.67. The lowest BCUT2D eigenvalue weighted by molar-refractivity contribution is -0.135. The van der Waals surface area contributed by atoms with Crippen molar-refractivity contribution >= 4 is 11.9 Å². The highest BCUT2D eigenvalue weighted by atomic mass is 16.5. The van der Waals surface area contributed by atoms with E-state index in [1.165, 1.54) is 0 Å². The Labute approximate surface area is 126 Å². The molecule has 4 heteroatoms. The third-order valence-corrected chi connectivity index (χ3v) is 2.99. The number of carbonyl (C=O) groups is 2. The largest absolute Gasteiger partial charge is 0.426 e. The van der Waals surface area contributed by atoms with Gasteiger partial charge in [-0.15, -0.1) is 0 Å². The normalized spacial score (nSPS) is 10.2.